The number of ether oxygens (including phenoxy) is 1. The van der Waals surface area contributed by atoms with Crippen LogP contribution in [0.25, 0.3) is 0 Å². The molecule has 1 aliphatic carbocycles. The lowest BCUT2D eigenvalue weighted by atomic mass is 9.82. The van der Waals surface area contributed by atoms with Crippen molar-refractivity contribution < 1.29 is 18.0 Å². The quantitative estimate of drug-likeness (QED) is 0.360. The van der Waals surface area contributed by atoms with Crippen LogP contribution in [-0.2, 0) is 18.0 Å². The van der Waals surface area contributed by atoms with Crippen LogP contribution in [0.15, 0.2) is 24.3 Å². The second-order valence-electron chi connectivity index (χ2n) is 7.16. The first-order chi connectivity index (χ1) is 13.7. The number of nitrogens with zero attached hydrogens (tertiary/aromatic N) is 1. The standard InChI is InChI=1S/C22H35NO4Si/c1-4-25-28(26-5-2,27-6-3)17-7-16-24-22-14-12-21(13-15-22)20-10-8-19(18-23)9-11-20/h8-11,21-22H,4-7,12-17H2,1-3H3. The minimum atomic E-state index is -2.55. The van der Waals surface area contributed by atoms with Gasteiger partial charge >= 0.3 is 8.80 Å². The van der Waals surface area contributed by atoms with Gasteiger partial charge in [-0.2, -0.15) is 5.26 Å². The number of benzene rings is 1. The van der Waals surface area contributed by atoms with Crippen LogP contribution in [0.3, 0.4) is 0 Å². The smallest absolute Gasteiger partial charge is 0.378 e. The van der Waals surface area contributed by atoms with Crippen molar-refractivity contribution in [2.75, 3.05) is 26.4 Å². The summed E-state index contributed by atoms with van der Waals surface area (Å²) in [6, 6.07) is 11.0. The predicted octanol–water partition coefficient (Wildman–Crippen LogP) is 5.04. The maximum atomic E-state index is 8.93. The van der Waals surface area contributed by atoms with Crippen molar-refractivity contribution in [2.45, 2.75) is 70.9 Å². The lowest BCUT2D eigenvalue weighted by Crippen LogP contribution is -2.46. The average Bonchev–Trinajstić information content (AvgIpc) is 2.72. The molecule has 1 aromatic carbocycles. The first-order valence-electron chi connectivity index (χ1n) is 10.7. The molecule has 1 aromatic rings. The van der Waals surface area contributed by atoms with Gasteiger partial charge in [-0.25, -0.2) is 0 Å². The molecule has 2 rings (SSSR count). The van der Waals surface area contributed by atoms with Gasteiger partial charge in [0.1, 0.15) is 0 Å². The zero-order chi connectivity index (χ0) is 20.2. The third kappa shape index (κ3) is 6.98. The van der Waals surface area contributed by atoms with Crippen LogP contribution in [0, 0.1) is 11.3 Å². The Morgan fingerprint density at radius 3 is 2.00 bits per heavy atom. The fourth-order valence-electron chi connectivity index (χ4n) is 3.93. The Morgan fingerprint density at radius 2 is 1.50 bits per heavy atom. The van der Waals surface area contributed by atoms with E-state index in [-0.39, 0.29) is 0 Å². The number of hydrogen-bond acceptors (Lipinski definition) is 5. The maximum Gasteiger partial charge on any atom is 0.501 e. The number of nitriles is 1. The third-order valence-electron chi connectivity index (χ3n) is 5.26. The minimum absolute atomic E-state index is 0.344. The summed E-state index contributed by atoms with van der Waals surface area (Å²) in [6.07, 6.45) is 5.72. The SMILES string of the molecule is CCO[Si](CCCOC1CCC(c2ccc(C#N)cc2)CC1)(OCC)OCC. The Labute approximate surface area is 171 Å². The molecule has 5 nitrogen and oxygen atoms in total. The molecule has 1 aliphatic rings. The lowest BCUT2D eigenvalue weighted by molar-refractivity contribution is 0.0202. The lowest BCUT2D eigenvalue weighted by Gasteiger charge is -2.30. The van der Waals surface area contributed by atoms with Gasteiger partial charge in [-0.05, 0) is 76.5 Å². The molecular formula is C22H35NO4Si. The number of hydrogen-bond donors (Lipinski definition) is 0. The molecule has 0 bridgehead atoms. The summed E-state index contributed by atoms with van der Waals surface area (Å²) in [5, 5.41) is 8.93. The minimum Gasteiger partial charge on any atom is -0.378 e. The highest BCUT2D eigenvalue weighted by molar-refractivity contribution is 6.60. The molecule has 0 atom stereocenters. The molecule has 0 amide bonds. The molecular weight excluding hydrogens is 370 g/mol. The van der Waals surface area contributed by atoms with Crippen molar-refractivity contribution in [2.24, 2.45) is 0 Å². The molecule has 6 heteroatoms. The van der Waals surface area contributed by atoms with Crippen molar-refractivity contribution in [3.05, 3.63) is 35.4 Å². The molecule has 28 heavy (non-hydrogen) atoms. The van der Waals surface area contributed by atoms with Crippen molar-refractivity contribution in [3.63, 3.8) is 0 Å². The van der Waals surface area contributed by atoms with Crippen LogP contribution < -0.4 is 0 Å². The summed E-state index contributed by atoms with van der Waals surface area (Å²) < 4.78 is 23.8. The van der Waals surface area contributed by atoms with E-state index in [1.165, 1.54) is 5.56 Å². The van der Waals surface area contributed by atoms with Crippen molar-refractivity contribution in [3.8, 4) is 6.07 Å². The zero-order valence-corrected chi connectivity index (χ0v) is 18.6. The highest BCUT2D eigenvalue weighted by Gasteiger charge is 2.39. The van der Waals surface area contributed by atoms with E-state index < -0.39 is 8.80 Å². The first kappa shape index (κ1) is 23.0. The molecule has 0 N–H and O–H groups in total. The van der Waals surface area contributed by atoms with Crippen LogP contribution >= 0.6 is 0 Å². The molecule has 0 unspecified atom stereocenters. The Morgan fingerprint density at radius 1 is 0.929 bits per heavy atom. The summed E-state index contributed by atoms with van der Waals surface area (Å²) in [5.41, 5.74) is 2.07. The van der Waals surface area contributed by atoms with Gasteiger partial charge in [0.15, 0.2) is 0 Å². The normalized spacial score (nSPS) is 20.1. The van der Waals surface area contributed by atoms with E-state index in [0.29, 0.717) is 31.8 Å². The van der Waals surface area contributed by atoms with E-state index in [0.717, 1.165) is 50.3 Å². The summed E-state index contributed by atoms with van der Waals surface area (Å²) in [4.78, 5) is 0. The van der Waals surface area contributed by atoms with E-state index in [4.69, 9.17) is 23.3 Å². The molecule has 0 aliphatic heterocycles. The third-order valence-corrected chi connectivity index (χ3v) is 8.41. The Kier molecular flexibility index (Phi) is 10.2. The monoisotopic (exact) mass is 405 g/mol. The van der Waals surface area contributed by atoms with Gasteiger partial charge in [-0.3, -0.25) is 0 Å². The summed E-state index contributed by atoms with van der Waals surface area (Å²) >= 11 is 0. The van der Waals surface area contributed by atoms with Crippen LogP contribution in [0.4, 0.5) is 0 Å². The van der Waals surface area contributed by atoms with Gasteiger partial charge in [-0.1, -0.05) is 12.1 Å². The van der Waals surface area contributed by atoms with E-state index in [1.807, 2.05) is 32.9 Å². The number of rotatable bonds is 12. The van der Waals surface area contributed by atoms with Crippen LogP contribution in [0.2, 0.25) is 6.04 Å². The topological polar surface area (TPSA) is 60.7 Å². The highest BCUT2D eigenvalue weighted by atomic mass is 28.4. The zero-order valence-electron chi connectivity index (χ0n) is 17.6. The molecule has 0 spiro atoms. The van der Waals surface area contributed by atoms with E-state index in [1.54, 1.807) is 0 Å². The molecule has 0 aromatic heterocycles. The molecule has 1 fully saturated rings. The van der Waals surface area contributed by atoms with Gasteiger partial charge in [0, 0.05) is 32.5 Å². The van der Waals surface area contributed by atoms with Crippen molar-refractivity contribution in [1.82, 2.24) is 0 Å². The van der Waals surface area contributed by atoms with E-state index >= 15 is 0 Å². The van der Waals surface area contributed by atoms with Gasteiger partial charge in [0.05, 0.1) is 17.7 Å². The van der Waals surface area contributed by atoms with Gasteiger partial charge in [-0.15, -0.1) is 0 Å². The maximum absolute atomic E-state index is 8.93. The Bertz CT molecular complexity index is 577. The van der Waals surface area contributed by atoms with Crippen LogP contribution in [-0.4, -0.2) is 41.3 Å². The van der Waals surface area contributed by atoms with E-state index in [2.05, 4.69) is 18.2 Å². The average molecular weight is 406 g/mol. The molecule has 0 heterocycles. The molecule has 0 saturated heterocycles. The summed E-state index contributed by atoms with van der Waals surface area (Å²) in [6.45, 7) is 8.55. The molecule has 156 valence electrons. The fourth-order valence-corrected chi connectivity index (χ4v) is 6.51. The molecule has 1 saturated carbocycles. The molecule has 0 radical (unpaired) electrons. The van der Waals surface area contributed by atoms with Gasteiger partial charge < -0.3 is 18.0 Å². The second kappa shape index (κ2) is 12.4. The Balaban J connectivity index is 1.72. The van der Waals surface area contributed by atoms with Gasteiger partial charge in [0.25, 0.3) is 0 Å². The largest absolute Gasteiger partial charge is 0.501 e. The predicted molar refractivity (Wildman–Crippen MR) is 112 cm³/mol. The van der Waals surface area contributed by atoms with Gasteiger partial charge in [0.2, 0.25) is 0 Å². The summed E-state index contributed by atoms with van der Waals surface area (Å²) in [5.74, 6) is 0.585. The van der Waals surface area contributed by atoms with Crippen LogP contribution in [0.1, 0.15) is 69.9 Å². The highest BCUT2D eigenvalue weighted by Crippen LogP contribution is 2.34. The second-order valence-corrected chi connectivity index (χ2v) is 9.90. The summed E-state index contributed by atoms with van der Waals surface area (Å²) in [7, 11) is -2.55. The van der Waals surface area contributed by atoms with Crippen molar-refractivity contribution >= 4 is 8.80 Å². The fraction of sp³-hybridized carbons (Fsp3) is 0.682. The van der Waals surface area contributed by atoms with Crippen LogP contribution in [0.5, 0.6) is 0 Å². The first-order valence-corrected chi connectivity index (χ1v) is 12.6. The van der Waals surface area contributed by atoms with Crippen molar-refractivity contribution in [1.29, 1.82) is 5.26 Å². The van der Waals surface area contributed by atoms with E-state index in [9.17, 15) is 0 Å². The Hall–Kier alpha value is -1.23.